The first kappa shape index (κ1) is 15.2. The van der Waals surface area contributed by atoms with E-state index in [2.05, 4.69) is 6.58 Å². The van der Waals surface area contributed by atoms with Crippen molar-refractivity contribution in [3.8, 4) is 5.75 Å². The molecule has 0 bridgehead atoms. The highest BCUT2D eigenvalue weighted by Crippen LogP contribution is 2.20. The second-order valence-electron chi connectivity index (χ2n) is 3.66. The summed E-state index contributed by atoms with van der Waals surface area (Å²) < 4.78 is 30.4. The van der Waals surface area contributed by atoms with Crippen LogP contribution < -0.4 is 4.74 Å². The van der Waals surface area contributed by atoms with Gasteiger partial charge in [0.2, 0.25) is 10.0 Å². The van der Waals surface area contributed by atoms with Crippen molar-refractivity contribution in [2.75, 3.05) is 20.2 Å². The first-order valence-electron chi connectivity index (χ1n) is 5.38. The van der Waals surface area contributed by atoms with Gasteiger partial charge in [0, 0.05) is 12.6 Å². The van der Waals surface area contributed by atoms with Crippen LogP contribution in [-0.2, 0) is 14.8 Å². The van der Waals surface area contributed by atoms with Gasteiger partial charge in [-0.15, -0.1) is 6.58 Å². The average Bonchev–Trinajstić information content (AvgIpc) is 2.38. The van der Waals surface area contributed by atoms with E-state index >= 15 is 0 Å². The standard InChI is InChI=1S/C12H15NO5S/c1-3-7-13(9-12(14)15)19(16,17)11-6-4-5-10(8-11)18-2/h3-6,8H,1,7,9H2,2H3,(H,14,15). The molecule has 0 aromatic heterocycles. The number of carboxylic acids is 1. The number of hydrogen-bond acceptors (Lipinski definition) is 4. The van der Waals surface area contributed by atoms with Crippen LogP contribution in [0.3, 0.4) is 0 Å². The summed E-state index contributed by atoms with van der Waals surface area (Å²) in [5, 5.41) is 8.76. The molecule has 7 heteroatoms. The summed E-state index contributed by atoms with van der Waals surface area (Å²) in [7, 11) is -2.47. The van der Waals surface area contributed by atoms with Crippen molar-refractivity contribution in [3.05, 3.63) is 36.9 Å². The molecule has 19 heavy (non-hydrogen) atoms. The van der Waals surface area contributed by atoms with Crippen molar-refractivity contribution < 1.29 is 23.1 Å². The maximum absolute atomic E-state index is 12.3. The molecule has 0 saturated carbocycles. The third-order valence-electron chi connectivity index (χ3n) is 2.32. The van der Waals surface area contributed by atoms with E-state index in [1.165, 1.54) is 31.4 Å². The minimum atomic E-state index is -3.89. The predicted molar refractivity (Wildman–Crippen MR) is 69.6 cm³/mol. The number of benzene rings is 1. The molecule has 1 aromatic rings. The predicted octanol–water partition coefficient (Wildman–Crippen LogP) is 0.956. The molecule has 0 aliphatic rings. The first-order valence-corrected chi connectivity index (χ1v) is 6.82. The Morgan fingerprint density at radius 1 is 1.53 bits per heavy atom. The third-order valence-corrected chi connectivity index (χ3v) is 4.13. The molecule has 1 rings (SSSR count). The Morgan fingerprint density at radius 2 is 2.21 bits per heavy atom. The maximum atomic E-state index is 12.3. The number of methoxy groups -OCH3 is 1. The zero-order valence-electron chi connectivity index (χ0n) is 10.4. The van der Waals surface area contributed by atoms with Gasteiger partial charge in [-0.25, -0.2) is 8.42 Å². The normalized spacial score (nSPS) is 11.3. The van der Waals surface area contributed by atoms with Crippen molar-refractivity contribution in [2.45, 2.75) is 4.90 Å². The van der Waals surface area contributed by atoms with Crippen LogP contribution in [0, 0.1) is 0 Å². The van der Waals surface area contributed by atoms with Crippen molar-refractivity contribution in [1.82, 2.24) is 4.31 Å². The van der Waals surface area contributed by atoms with Crippen LogP contribution in [0.25, 0.3) is 0 Å². The third kappa shape index (κ3) is 3.80. The van der Waals surface area contributed by atoms with Crippen LogP contribution >= 0.6 is 0 Å². The number of sulfonamides is 1. The summed E-state index contributed by atoms with van der Waals surface area (Å²) >= 11 is 0. The number of hydrogen-bond donors (Lipinski definition) is 1. The topological polar surface area (TPSA) is 83.9 Å². The lowest BCUT2D eigenvalue weighted by Crippen LogP contribution is -2.35. The molecule has 0 heterocycles. The Hall–Kier alpha value is -1.86. The van der Waals surface area contributed by atoms with Crippen molar-refractivity contribution >= 4 is 16.0 Å². The molecule has 0 aliphatic carbocycles. The van der Waals surface area contributed by atoms with Gasteiger partial charge in [0.1, 0.15) is 12.3 Å². The second-order valence-corrected chi connectivity index (χ2v) is 5.60. The number of aliphatic carboxylic acids is 1. The molecule has 0 aliphatic heterocycles. The molecule has 104 valence electrons. The van der Waals surface area contributed by atoms with Gasteiger partial charge < -0.3 is 9.84 Å². The Kier molecular flexibility index (Phi) is 5.08. The van der Waals surface area contributed by atoms with E-state index in [0.717, 1.165) is 4.31 Å². The van der Waals surface area contributed by atoms with Crippen molar-refractivity contribution in [3.63, 3.8) is 0 Å². The van der Waals surface area contributed by atoms with E-state index in [9.17, 15) is 13.2 Å². The van der Waals surface area contributed by atoms with E-state index in [-0.39, 0.29) is 11.4 Å². The lowest BCUT2D eigenvalue weighted by Gasteiger charge is -2.18. The zero-order chi connectivity index (χ0) is 14.5. The molecule has 1 aromatic carbocycles. The Balaban J connectivity index is 3.17. The largest absolute Gasteiger partial charge is 0.497 e. The van der Waals surface area contributed by atoms with Gasteiger partial charge in [-0.2, -0.15) is 4.31 Å². The summed E-state index contributed by atoms with van der Waals surface area (Å²) in [5.74, 6) is -0.844. The molecule has 6 nitrogen and oxygen atoms in total. The number of nitrogens with zero attached hydrogens (tertiary/aromatic N) is 1. The van der Waals surface area contributed by atoms with Gasteiger partial charge in [-0.05, 0) is 12.1 Å². The summed E-state index contributed by atoms with van der Waals surface area (Å²) in [6, 6.07) is 5.86. The van der Waals surface area contributed by atoms with Crippen LogP contribution in [0.1, 0.15) is 0 Å². The zero-order valence-corrected chi connectivity index (χ0v) is 11.3. The minimum Gasteiger partial charge on any atom is -0.497 e. The van der Waals surface area contributed by atoms with Crippen LogP contribution in [0.5, 0.6) is 5.75 Å². The number of carbonyl (C=O) groups is 1. The Morgan fingerprint density at radius 3 is 2.74 bits per heavy atom. The number of ether oxygens (including phenoxy) is 1. The summed E-state index contributed by atoms with van der Waals surface area (Å²) in [5.41, 5.74) is 0. The highest BCUT2D eigenvalue weighted by atomic mass is 32.2. The lowest BCUT2D eigenvalue weighted by atomic mass is 10.3. The Labute approximate surface area is 112 Å². The monoisotopic (exact) mass is 285 g/mol. The van der Waals surface area contributed by atoms with Crippen molar-refractivity contribution in [1.29, 1.82) is 0 Å². The number of rotatable bonds is 7. The van der Waals surface area contributed by atoms with Crippen LogP contribution in [-0.4, -0.2) is 44.0 Å². The summed E-state index contributed by atoms with van der Waals surface area (Å²) in [4.78, 5) is 10.7. The molecule has 0 atom stereocenters. The van der Waals surface area contributed by atoms with Crippen LogP contribution in [0.2, 0.25) is 0 Å². The van der Waals surface area contributed by atoms with E-state index in [0.29, 0.717) is 5.75 Å². The highest BCUT2D eigenvalue weighted by Gasteiger charge is 2.25. The first-order chi connectivity index (χ1) is 8.91. The lowest BCUT2D eigenvalue weighted by molar-refractivity contribution is -0.137. The van der Waals surface area contributed by atoms with Gasteiger partial charge in [0.05, 0.1) is 12.0 Å². The highest BCUT2D eigenvalue weighted by molar-refractivity contribution is 7.89. The quantitative estimate of drug-likeness (QED) is 0.754. The molecule has 0 radical (unpaired) electrons. The second kappa shape index (κ2) is 6.35. The fraction of sp³-hybridized carbons (Fsp3) is 0.250. The minimum absolute atomic E-state index is 0.0186. The average molecular weight is 285 g/mol. The number of carboxylic acid groups (broad SMARTS) is 1. The van der Waals surface area contributed by atoms with Gasteiger partial charge in [0.15, 0.2) is 0 Å². The van der Waals surface area contributed by atoms with Gasteiger partial charge in [-0.3, -0.25) is 4.79 Å². The molecule has 0 amide bonds. The molecular weight excluding hydrogens is 270 g/mol. The molecule has 1 N–H and O–H groups in total. The van der Waals surface area contributed by atoms with Gasteiger partial charge in [0.25, 0.3) is 0 Å². The summed E-state index contributed by atoms with van der Waals surface area (Å²) in [6.07, 6.45) is 1.33. The van der Waals surface area contributed by atoms with E-state index in [1.807, 2.05) is 0 Å². The van der Waals surface area contributed by atoms with Crippen molar-refractivity contribution in [2.24, 2.45) is 0 Å². The van der Waals surface area contributed by atoms with Gasteiger partial charge >= 0.3 is 5.97 Å². The van der Waals surface area contributed by atoms with E-state index in [1.54, 1.807) is 6.07 Å². The fourth-order valence-electron chi connectivity index (χ4n) is 1.45. The molecule has 0 spiro atoms. The van der Waals surface area contributed by atoms with Crippen LogP contribution in [0.15, 0.2) is 41.8 Å². The van der Waals surface area contributed by atoms with E-state index in [4.69, 9.17) is 9.84 Å². The molecule has 0 saturated heterocycles. The van der Waals surface area contributed by atoms with Gasteiger partial charge in [-0.1, -0.05) is 12.1 Å². The Bertz CT molecular complexity index is 567. The SMILES string of the molecule is C=CCN(CC(=O)O)S(=O)(=O)c1cccc(OC)c1. The fourth-order valence-corrected chi connectivity index (χ4v) is 2.85. The summed E-state index contributed by atoms with van der Waals surface area (Å²) in [6.45, 7) is 2.73. The van der Waals surface area contributed by atoms with Crippen LogP contribution in [0.4, 0.5) is 0 Å². The molecule has 0 fully saturated rings. The smallest absolute Gasteiger partial charge is 0.318 e. The van der Waals surface area contributed by atoms with E-state index < -0.39 is 22.5 Å². The molecule has 0 unspecified atom stereocenters. The maximum Gasteiger partial charge on any atom is 0.318 e. The molecular formula is C12H15NO5S.